The van der Waals surface area contributed by atoms with E-state index in [0.717, 1.165) is 24.6 Å². The van der Waals surface area contributed by atoms with Gasteiger partial charge in [0.1, 0.15) is 5.69 Å². The van der Waals surface area contributed by atoms with Crippen molar-refractivity contribution in [2.24, 2.45) is 11.8 Å². The van der Waals surface area contributed by atoms with Gasteiger partial charge in [-0.15, -0.1) is 0 Å². The van der Waals surface area contributed by atoms with Gasteiger partial charge in [-0.25, -0.2) is 0 Å². The summed E-state index contributed by atoms with van der Waals surface area (Å²) in [4.78, 5) is 12.9. The Morgan fingerprint density at radius 1 is 1.47 bits per heavy atom. The van der Waals surface area contributed by atoms with Gasteiger partial charge in [0.2, 0.25) is 0 Å². The van der Waals surface area contributed by atoms with E-state index in [1.165, 1.54) is 25.3 Å². The minimum absolute atomic E-state index is 0.0224. The Balaban J connectivity index is 1.76. The minimum Gasteiger partial charge on any atom is -0.318 e. The van der Waals surface area contributed by atoms with Gasteiger partial charge in [0.15, 0.2) is 0 Å². The number of anilines is 1. The Morgan fingerprint density at radius 2 is 2.32 bits per heavy atom. The van der Waals surface area contributed by atoms with Gasteiger partial charge in [0.25, 0.3) is 5.69 Å². The quantitative estimate of drug-likeness (QED) is 0.491. The molecule has 2 bridgehead atoms. The lowest BCUT2D eigenvalue weighted by molar-refractivity contribution is -0.384. The molecule has 3 rings (SSSR count). The molecule has 0 radical (unpaired) electrons. The van der Waals surface area contributed by atoms with E-state index in [0.29, 0.717) is 11.7 Å². The summed E-state index contributed by atoms with van der Waals surface area (Å²) in [5.74, 6) is 6.21. The normalized spacial score (nSPS) is 25.7. The van der Waals surface area contributed by atoms with Crippen molar-refractivity contribution in [1.29, 1.82) is 0 Å². The maximum atomic E-state index is 10.8. The summed E-state index contributed by atoms with van der Waals surface area (Å²) in [6.45, 7) is 2.01. The SMILES string of the molecule is NNc1cc(CN2CC3CCC2C3)ccc1[N+](=O)[O-]. The molecule has 2 atom stereocenters. The van der Waals surface area contributed by atoms with Crippen LogP contribution in [0.15, 0.2) is 18.2 Å². The second-order valence-corrected chi connectivity index (χ2v) is 5.52. The van der Waals surface area contributed by atoms with Crippen LogP contribution < -0.4 is 11.3 Å². The molecular weight excluding hydrogens is 244 g/mol. The summed E-state index contributed by atoms with van der Waals surface area (Å²) >= 11 is 0. The van der Waals surface area contributed by atoms with E-state index < -0.39 is 4.92 Å². The van der Waals surface area contributed by atoms with Crippen molar-refractivity contribution < 1.29 is 4.92 Å². The van der Waals surface area contributed by atoms with Crippen LogP contribution in [0.1, 0.15) is 24.8 Å². The van der Waals surface area contributed by atoms with Crippen molar-refractivity contribution in [3.05, 3.63) is 33.9 Å². The largest absolute Gasteiger partial charge is 0.318 e. The van der Waals surface area contributed by atoms with Crippen molar-refractivity contribution >= 4 is 11.4 Å². The lowest BCUT2D eigenvalue weighted by atomic mass is 10.1. The molecule has 19 heavy (non-hydrogen) atoms. The first-order valence-corrected chi connectivity index (χ1v) is 6.65. The van der Waals surface area contributed by atoms with Gasteiger partial charge in [-0.1, -0.05) is 6.07 Å². The molecule has 1 aromatic rings. The smallest absolute Gasteiger partial charge is 0.293 e. The fourth-order valence-electron chi connectivity index (χ4n) is 3.41. The highest BCUT2D eigenvalue weighted by molar-refractivity contribution is 5.62. The van der Waals surface area contributed by atoms with Crippen molar-refractivity contribution in [3.8, 4) is 0 Å². The summed E-state index contributed by atoms with van der Waals surface area (Å²) in [6.07, 6.45) is 3.96. The van der Waals surface area contributed by atoms with Crippen LogP contribution in [0, 0.1) is 16.0 Å². The topological polar surface area (TPSA) is 84.4 Å². The van der Waals surface area contributed by atoms with Gasteiger partial charge in [-0.3, -0.25) is 20.9 Å². The Labute approximate surface area is 111 Å². The Bertz CT molecular complexity index is 505. The molecule has 3 N–H and O–H groups in total. The van der Waals surface area contributed by atoms with Crippen molar-refractivity contribution in [1.82, 2.24) is 4.90 Å². The summed E-state index contributed by atoms with van der Waals surface area (Å²) in [7, 11) is 0. The maximum Gasteiger partial charge on any atom is 0.293 e. The number of nitrogen functional groups attached to an aromatic ring is 1. The standard InChI is InChI=1S/C13H18N4O2/c14-15-12-6-10(2-4-13(12)17(18)19)8-16-7-9-1-3-11(16)5-9/h2,4,6,9,11,15H,1,3,5,7-8,14H2. The highest BCUT2D eigenvalue weighted by atomic mass is 16.6. The molecule has 1 heterocycles. The van der Waals surface area contributed by atoms with Crippen LogP contribution in [0.5, 0.6) is 0 Å². The van der Waals surface area contributed by atoms with Crippen molar-refractivity contribution in [2.75, 3.05) is 12.0 Å². The number of hydrazine groups is 1. The summed E-state index contributed by atoms with van der Waals surface area (Å²) in [5, 5.41) is 10.8. The van der Waals surface area contributed by atoms with E-state index in [9.17, 15) is 10.1 Å². The molecule has 2 unspecified atom stereocenters. The van der Waals surface area contributed by atoms with Gasteiger partial charge in [-0.2, -0.15) is 0 Å². The Morgan fingerprint density at radius 3 is 2.89 bits per heavy atom. The predicted molar refractivity (Wildman–Crippen MR) is 72.4 cm³/mol. The summed E-state index contributed by atoms with van der Waals surface area (Å²) in [5.41, 5.74) is 3.89. The van der Waals surface area contributed by atoms with Crippen molar-refractivity contribution in [2.45, 2.75) is 31.8 Å². The number of nitro benzene ring substituents is 1. The fraction of sp³-hybridized carbons (Fsp3) is 0.538. The van der Waals surface area contributed by atoms with E-state index in [2.05, 4.69) is 10.3 Å². The third-order valence-electron chi connectivity index (χ3n) is 4.32. The molecule has 0 amide bonds. The number of piperidine rings is 1. The first-order chi connectivity index (χ1) is 9.17. The summed E-state index contributed by atoms with van der Waals surface area (Å²) < 4.78 is 0. The molecule has 1 aliphatic heterocycles. The zero-order chi connectivity index (χ0) is 13.4. The lowest BCUT2D eigenvalue weighted by Gasteiger charge is -2.26. The minimum atomic E-state index is -0.420. The fourth-order valence-corrected chi connectivity index (χ4v) is 3.41. The first-order valence-electron chi connectivity index (χ1n) is 6.65. The van der Waals surface area contributed by atoms with Gasteiger partial charge < -0.3 is 5.43 Å². The molecule has 0 aromatic heterocycles. The highest BCUT2D eigenvalue weighted by Gasteiger charge is 2.37. The van der Waals surface area contributed by atoms with E-state index in [1.54, 1.807) is 6.07 Å². The monoisotopic (exact) mass is 262 g/mol. The third kappa shape index (κ3) is 2.29. The van der Waals surface area contributed by atoms with Gasteiger partial charge in [0, 0.05) is 25.2 Å². The molecule has 1 saturated heterocycles. The maximum absolute atomic E-state index is 10.8. The molecule has 6 heteroatoms. The number of hydrogen-bond donors (Lipinski definition) is 2. The van der Waals surface area contributed by atoms with E-state index in [4.69, 9.17) is 5.84 Å². The molecule has 6 nitrogen and oxygen atoms in total. The number of nitrogens with zero attached hydrogens (tertiary/aromatic N) is 2. The lowest BCUT2D eigenvalue weighted by Crippen LogP contribution is -2.31. The molecular formula is C13H18N4O2. The van der Waals surface area contributed by atoms with Crippen molar-refractivity contribution in [3.63, 3.8) is 0 Å². The predicted octanol–water partition coefficient (Wildman–Crippen LogP) is 1.86. The molecule has 2 fully saturated rings. The number of fused-ring (bicyclic) bond motifs is 2. The number of likely N-dealkylation sites (tertiary alicyclic amines) is 1. The first kappa shape index (κ1) is 12.4. The molecule has 102 valence electrons. The number of nitrogens with two attached hydrogens (primary N) is 1. The molecule has 1 aliphatic carbocycles. The second-order valence-electron chi connectivity index (χ2n) is 5.52. The Kier molecular flexibility index (Phi) is 3.12. The number of nitrogens with one attached hydrogen (secondary N) is 1. The van der Waals surface area contributed by atoms with Crippen LogP contribution in [0.4, 0.5) is 11.4 Å². The zero-order valence-electron chi connectivity index (χ0n) is 10.7. The zero-order valence-corrected chi connectivity index (χ0v) is 10.7. The van der Waals surface area contributed by atoms with Crippen LogP contribution in [0.25, 0.3) is 0 Å². The van der Waals surface area contributed by atoms with Gasteiger partial charge in [0.05, 0.1) is 4.92 Å². The number of hydrogen-bond acceptors (Lipinski definition) is 5. The van der Waals surface area contributed by atoms with Crippen LogP contribution in [0.2, 0.25) is 0 Å². The molecule has 2 aliphatic rings. The second kappa shape index (κ2) is 4.79. The number of nitro groups is 1. The van der Waals surface area contributed by atoms with Crippen LogP contribution >= 0.6 is 0 Å². The van der Waals surface area contributed by atoms with Gasteiger partial charge in [-0.05, 0) is 36.8 Å². The van der Waals surface area contributed by atoms with E-state index in [-0.39, 0.29) is 5.69 Å². The van der Waals surface area contributed by atoms with Gasteiger partial charge >= 0.3 is 0 Å². The molecule has 1 aromatic carbocycles. The summed E-state index contributed by atoms with van der Waals surface area (Å²) in [6, 6.07) is 5.84. The van der Waals surface area contributed by atoms with E-state index in [1.807, 2.05) is 6.07 Å². The Hall–Kier alpha value is -1.66. The average molecular weight is 262 g/mol. The molecule has 1 saturated carbocycles. The van der Waals surface area contributed by atoms with Crippen LogP contribution in [-0.4, -0.2) is 22.4 Å². The van der Waals surface area contributed by atoms with Crippen LogP contribution in [0.3, 0.4) is 0 Å². The van der Waals surface area contributed by atoms with Crippen LogP contribution in [-0.2, 0) is 6.54 Å². The highest BCUT2D eigenvalue weighted by Crippen LogP contribution is 2.38. The molecule has 0 spiro atoms. The third-order valence-corrected chi connectivity index (χ3v) is 4.32. The number of rotatable bonds is 4. The van der Waals surface area contributed by atoms with E-state index >= 15 is 0 Å². The number of benzene rings is 1. The average Bonchev–Trinajstić information content (AvgIpc) is 3.00.